The average Bonchev–Trinajstić information content (AvgIpc) is 2.83. The van der Waals surface area contributed by atoms with Gasteiger partial charge >= 0.3 is 0 Å². The molecule has 0 saturated heterocycles. The van der Waals surface area contributed by atoms with Crippen molar-refractivity contribution >= 4 is 5.95 Å². The van der Waals surface area contributed by atoms with Gasteiger partial charge in [0.05, 0.1) is 6.61 Å². The molecule has 5 nitrogen and oxygen atoms in total. The minimum Gasteiger partial charge on any atom is -0.478 e. The zero-order valence-electron chi connectivity index (χ0n) is 11.7. The Kier molecular flexibility index (Phi) is 4.96. The Balaban J connectivity index is 2.04. The van der Waals surface area contributed by atoms with Gasteiger partial charge in [0.1, 0.15) is 0 Å². The number of nitrogens with one attached hydrogen (secondary N) is 1. The number of aliphatic hydroxyl groups is 1. The number of aromatic nitrogens is 2. The molecule has 1 aliphatic rings. The van der Waals surface area contributed by atoms with Crippen LogP contribution in [0.3, 0.4) is 0 Å². The topological polar surface area (TPSA) is 67.3 Å². The summed E-state index contributed by atoms with van der Waals surface area (Å²) in [6.07, 6.45) is 4.24. The van der Waals surface area contributed by atoms with Crippen molar-refractivity contribution in [1.82, 2.24) is 9.97 Å². The average molecular weight is 265 g/mol. The van der Waals surface area contributed by atoms with Gasteiger partial charge in [-0.25, -0.2) is 4.98 Å². The summed E-state index contributed by atoms with van der Waals surface area (Å²) >= 11 is 0. The molecule has 0 aromatic carbocycles. The van der Waals surface area contributed by atoms with E-state index in [4.69, 9.17) is 4.74 Å². The van der Waals surface area contributed by atoms with Crippen LogP contribution in [0.25, 0.3) is 0 Å². The highest BCUT2D eigenvalue weighted by Crippen LogP contribution is 2.27. The second kappa shape index (κ2) is 6.70. The Morgan fingerprint density at radius 1 is 1.42 bits per heavy atom. The predicted molar refractivity (Wildman–Crippen MR) is 74.4 cm³/mol. The minimum absolute atomic E-state index is 0.225. The van der Waals surface area contributed by atoms with E-state index in [0.29, 0.717) is 24.4 Å². The van der Waals surface area contributed by atoms with E-state index in [1.165, 1.54) is 0 Å². The second-order valence-electron chi connectivity index (χ2n) is 5.14. The molecule has 1 aromatic heterocycles. The number of hydrogen-bond donors (Lipinski definition) is 2. The molecule has 1 aliphatic carbocycles. The molecular formula is C14H23N3O2. The third-order valence-corrected chi connectivity index (χ3v) is 3.49. The fourth-order valence-electron chi connectivity index (χ4n) is 2.50. The van der Waals surface area contributed by atoms with Crippen molar-refractivity contribution in [2.45, 2.75) is 45.6 Å². The van der Waals surface area contributed by atoms with Crippen molar-refractivity contribution < 1.29 is 9.84 Å². The molecular weight excluding hydrogens is 242 g/mol. The highest BCUT2D eigenvalue weighted by atomic mass is 16.5. The Hall–Kier alpha value is -1.36. The van der Waals surface area contributed by atoms with Crippen LogP contribution in [-0.2, 0) is 0 Å². The van der Waals surface area contributed by atoms with Gasteiger partial charge in [-0.3, -0.25) is 0 Å². The van der Waals surface area contributed by atoms with E-state index in [1.807, 2.05) is 13.0 Å². The van der Waals surface area contributed by atoms with E-state index in [-0.39, 0.29) is 12.6 Å². The lowest BCUT2D eigenvalue weighted by atomic mass is 10.1. The van der Waals surface area contributed by atoms with Crippen LogP contribution in [0.2, 0.25) is 0 Å². The molecule has 1 saturated carbocycles. The SMILES string of the molecule is CCCOc1cc(C)nc(NC2CCCC2CO)n1. The van der Waals surface area contributed by atoms with Gasteiger partial charge in [0.25, 0.3) is 0 Å². The van der Waals surface area contributed by atoms with Crippen molar-refractivity contribution in [2.24, 2.45) is 5.92 Å². The summed E-state index contributed by atoms with van der Waals surface area (Å²) in [6.45, 7) is 4.89. The van der Waals surface area contributed by atoms with E-state index < -0.39 is 0 Å². The van der Waals surface area contributed by atoms with Gasteiger partial charge in [-0.05, 0) is 26.2 Å². The van der Waals surface area contributed by atoms with Crippen LogP contribution in [0.1, 0.15) is 38.3 Å². The standard InChI is InChI=1S/C14H23N3O2/c1-3-7-19-13-8-10(2)15-14(17-13)16-12-6-4-5-11(12)9-18/h8,11-12,18H,3-7,9H2,1-2H3,(H,15,16,17). The molecule has 0 aliphatic heterocycles. The molecule has 2 unspecified atom stereocenters. The fourth-order valence-corrected chi connectivity index (χ4v) is 2.50. The lowest BCUT2D eigenvalue weighted by Gasteiger charge is -2.19. The number of anilines is 1. The number of nitrogens with zero attached hydrogens (tertiary/aromatic N) is 2. The van der Waals surface area contributed by atoms with Crippen molar-refractivity contribution in [3.8, 4) is 5.88 Å². The molecule has 1 aromatic rings. The molecule has 2 rings (SSSR count). The Labute approximate surface area is 114 Å². The molecule has 2 atom stereocenters. The number of aryl methyl sites for hydroxylation is 1. The van der Waals surface area contributed by atoms with Gasteiger partial charge < -0.3 is 15.2 Å². The highest BCUT2D eigenvalue weighted by Gasteiger charge is 2.27. The van der Waals surface area contributed by atoms with Gasteiger partial charge in [-0.1, -0.05) is 13.3 Å². The van der Waals surface area contributed by atoms with E-state index in [1.54, 1.807) is 0 Å². The van der Waals surface area contributed by atoms with Crippen LogP contribution in [-0.4, -0.2) is 34.3 Å². The van der Waals surface area contributed by atoms with Gasteiger partial charge in [0.15, 0.2) is 0 Å². The molecule has 19 heavy (non-hydrogen) atoms. The zero-order valence-corrected chi connectivity index (χ0v) is 11.7. The fraction of sp³-hybridized carbons (Fsp3) is 0.714. The van der Waals surface area contributed by atoms with Crippen molar-refractivity contribution in [3.63, 3.8) is 0 Å². The molecule has 0 bridgehead atoms. The third kappa shape index (κ3) is 3.80. The predicted octanol–water partition coefficient (Wildman–Crippen LogP) is 2.15. The molecule has 5 heteroatoms. The summed E-state index contributed by atoms with van der Waals surface area (Å²) in [6, 6.07) is 2.12. The Morgan fingerprint density at radius 2 is 2.26 bits per heavy atom. The van der Waals surface area contributed by atoms with Crippen molar-refractivity contribution in [3.05, 3.63) is 11.8 Å². The monoisotopic (exact) mass is 265 g/mol. The molecule has 2 N–H and O–H groups in total. The Bertz CT molecular complexity index is 412. The summed E-state index contributed by atoms with van der Waals surface area (Å²) in [5.41, 5.74) is 0.891. The van der Waals surface area contributed by atoms with Crippen LogP contribution in [0.15, 0.2) is 6.07 Å². The largest absolute Gasteiger partial charge is 0.478 e. The quantitative estimate of drug-likeness (QED) is 0.825. The van der Waals surface area contributed by atoms with Crippen LogP contribution >= 0.6 is 0 Å². The second-order valence-corrected chi connectivity index (χ2v) is 5.14. The molecule has 106 valence electrons. The van der Waals surface area contributed by atoms with E-state index in [0.717, 1.165) is 31.4 Å². The first-order valence-electron chi connectivity index (χ1n) is 7.08. The van der Waals surface area contributed by atoms with Crippen LogP contribution < -0.4 is 10.1 Å². The lowest BCUT2D eigenvalue weighted by molar-refractivity contribution is 0.222. The summed E-state index contributed by atoms with van der Waals surface area (Å²) in [5, 5.41) is 12.7. The summed E-state index contributed by atoms with van der Waals surface area (Å²) in [7, 11) is 0. The third-order valence-electron chi connectivity index (χ3n) is 3.49. The van der Waals surface area contributed by atoms with Crippen molar-refractivity contribution in [2.75, 3.05) is 18.5 Å². The van der Waals surface area contributed by atoms with Gasteiger partial charge in [0, 0.05) is 30.3 Å². The number of hydrogen-bond acceptors (Lipinski definition) is 5. The van der Waals surface area contributed by atoms with Crippen molar-refractivity contribution in [1.29, 1.82) is 0 Å². The maximum atomic E-state index is 9.33. The normalized spacial score (nSPS) is 22.5. The first-order valence-corrected chi connectivity index (χ1v) is 7.08. The molecule has 0 amide bonds. The summed E-state index contributed by atoms with van der Waals surface area (Å²) < 4.78 is 5.55. The number of aliphatic hydroxyl groups excluding tert-OH is 1. The highest BCUT2D eigenvalue weighted by molar-refractivity contribution is 5.32. The minimum atomic E-state index is 0.225. The van der Waals surface area contributed by atoms with Gasteiger partial charge in [0.2, 0.25) is 11.8 Å². The van der Waals surface area contributed by atoms with E-state index in [2.05, 4.69) is 22.2 Å². The number of ether oxygens (including phenoxy) is 1. The molecule has 1 heterocycles. The molecule has 1 fully saturated rings. The summed E-state index contributed by atoms with van der Waals surface area (Å²) in [4.78, 5) is 8.77. The van der Waals surface area contributed by atoms with E-state index >= 15 is 0 Å². The first kappa shape index (κ1) is 14.1. The summed E-state index contributed by atoms with van der Waals surface area (Å²) in [5.74, 6) is 1.54. The van der Waals surface area contributed by atoms with Crippen LogP contribution in [0.4, 0.5) is 5.95 Å². The molecule has 0 radical (unpaired) electrons. The maximum Gasteiger partial charge on any atom is 0.226 e. The smallest absolute Gasteiger partial charge is 0.226 e. The maximum absolute atomic E-state index is 9.33. The van der Waals surface area contributed by atoms with Crippen LogP contribution in [0.5, 0.6) is 5.88 Å². The zero-order chi connectivity index (χ0) is 13.7. The van der Waals surface area contributed by atoms with E-state index in [9.17, 15) is 5.11 Å². The lowest BCUT2D eigenvalue weighted by Crippen LogP contribution is -2.27. The Morgan fingerprint density at radius 3 is 3.00 bits per heavy atom. The van der Waals surface area contributed by atoms with Gasteiger partial charge in [-0.15, -0.1) is 0 Å². The van der Waals surface area contributed by atoms with Crippen LogP contribution in [0, 0.1) is 12.8 Å². The first-order chi connectivity index (χ1) is 9.22. The van der Waals surface area contributed by atoms with Gasteiger partial charge in [-0.2, -0.15) is 4.98 Å². The molecule has 0 spiro atoms. The number of rotatable bonds is 6.